The van der Waals surface area contributed by atoms with E-state index in [1.807, 2.05) is 24.9 Å². The fraction of sp³-hybridized carbons (Fsp3) is 0.455. The van der Waals surface area contributed by atoms with E-state index in [0.29, 0.717) is 0 Å². The first-order valence-corrected chi connectivity index (χ1v) is 6.20. The van der Waals surface area contributed by atoms with Gasteiger partial charge in [-0.25, -0.2) is 0 Å². The maximum absolute atomic E-state index is 5.96. The van der Waals surface area contributed by atoms with Crippen LogP contribution < -0.4 is 5.32 Å². The highest BCUT2D eigenvalue weighted by Crippen LogP contribution is 2.26. The Balaban J connectivity index is 2.79. The average molecular weight is 230 g/mol. The molecule has 0 aliphatic carbocycles. The van der Waals surface area contributed by atoms with Crippen molar-refractivity contribution in [2.45, 2.75) is 24.8 Å². The highest BCUT2D eigenvalue weighted by atomic mass is 35.5. The summed E-state index contributed by atoms with van der Waals surface area (Å²) in [7, 11) is 1.96. The summed E-state index contributed by atoms with van der Waals surface area (Å²) in [5.41, 5.74) is 1.33. The van der Waals surface area contributed by atoms with Gasteiger partial charge in [0.1, 0.15) is 0 Å². The number of nitrogens with one attached hydrogen (secondary N) is 1. The van der Waals surface area contributed by atoms with Gasteiger partial charge in [0, 0.05) is 16.5 Å². The third kappa shape index (κ3) is 3.52. The second-order valence-electron chi connectivity index (χ2n) is 3.13. The van der Waals surface area contributed by atoms with Crippen LogP contribution in [0.2, 0.25) is 5.02 Å². The van der Waals surface area contributed by atoms with Crippen molar-refractivity contribution >= 4 is 23.4 Å². The summed E-state index contributed by atoms with van der Waals surface area (Å²) >= 11 is 7.84. The largest absolute Gasteiger partial charge is 0.316 e. The quantitative estimate of drug-likeness (QED) is 0.775. The smallest absolute Gasteiger partial charge is 0.0417 e. The van der Waals surface area contributed by atoms with Crippen molar-refractivity contribution in [1.82, 2.24) is 5.32 Å². The van der Waals surface area contributed by atoms with Gasteiger partial charge < -0.3 is 5.32 Å². The molecule has 0 radical (unpaired) electrons. The Morgan fingerprint density at radius 2 is 2.21 bits per heavy atom. The van der Waals surface area contributed by atoms with Crippen LogP contribution in [0.5, 0.6) is 0 Å². The molecule has 0 atom stereocenters. The van der Waals surface area contributed by atoms with Gasteiger partial charge in [-0.15, -0.1) is 11.8 Å². The minimum absolute atomic E-state index is 0.823. The number of hydrogen-bond donors (Lipinski definition) is 1. The van der Waals surface area contributed by atoms with Crippen LogP contribution in [0.3, 0.4) is 0 Å². The molecule has 78 valence electrons. The lowest BCUT2D eigenvalue weighted by Crippen LogP contribution is -2.06. The Bertz CT molecular complexity index is 289. The van der Waals surface area contributed by atoms with E-state index in [1.54, 1.807) is 0 Å². The van der Waals surface area contributed by atoms with Crippen LogP contribution in [0.4, 0.5) is 0 Å². The summed E-state index contributed by atoms with van der Waals surface area (Å²) < 4.78 is 0. The molecule has 0 aromatic heterocycles. The third-order valence-electron chi connectivity index (χ3n) is 1.86. The minimum atomic E-state index is 0.823. The topological polar surface area (TPSA) is 12.0 Å². The van der Waals surface area contributed by atoms with E-state index in [0.717, 1.165) is 17.3 Å². The zero-order valence-corrected chi connectivity index (χ0v) is 10.2. The van der Waals surface area contributed by atoms with E-state index >= 15 is 0 Å². The second-order valence-corrected chi connectivity index (χ2v) is 4.70. The highest BCUT2D eigenvalue weighted by Gasteiger charge is 2.02. The lowest BCUT2D eigenvalue weighted by Gasteiger charge is -2.08. The van der Waals surface area contributed by atoms with Crippen LogP contribution in [0.15, 0.2) is 23.1 Å². The Kier molecular flexibility index (Phi) is 5.38. The monoisotopic (exact) mass is 229 g/mol. The number of benzene rings is 1. The zero-order valence-electron chi connectivity index (χ0n) is 8.64. The molecule has 1 N–H and O–H groups in total. The van der Waals surface area contributed by atoms with Crippen molar-refractivity contribution in [3.8, 4) is 0 Å². The molecule has 1 rings (SSSR count). The molecule has 1 nitrogen and oxygen atoms in total. The minimum Gasteiger partial charge on any atom is -0.316 e. The van der Waals surface area contributed by atoms with Gasteiger partial charge in [0.15, 0.2) is 0 Å². The molecular weight excluding hydrogens is 214 g/mol. The summed E-state index contributed by atoms with van der Waals surface area (Å²) in [6.07, 6.45) is 1.19. The molecule has 0 aliphatic heterocycles. The van der Waals surface area contributed by atoms with Gasteiger partial charge in [-0.2, -0.15) is 0 Å². The highest BCUT2D eigenvalue weighted by molar-refractivity contribution is 7.99. The fourth-order valence-electron chi connectivity index (χ4n) is 1.21. The number of rotatable bonds is 5. The predicted octanol–water partition coefficient (Wildman–Crippen LogP) is 3.56. The van der Waals surface area contributed by atoms with Crippen molar-refractivity contribution in [2.24, 2.45) is 0 Å². The molecule has 3 heteroatoms. The third-order valence-corrected chi connectivity index (χ3v) is 3.40. The van der Waals surface area contributed by atoms with E-state index in [1.165, 1.54) is 16.9 Å². The van der Waals surface area contributed by atoms with Gasteiger partial charge >= 0.3 is 0 Å². The summed E-state index contributed by atoms with van der Waals surface area (Å²) in [5, 5.41) is 3.99. The van der Waals surface area contributed by atoms with Crippen LogP contribution in [0.25, 0.3) is 0 Å². The lowest BCUT2D eigenvalue weighted by atomic mass is 10.2. The maximum atomic E-state index is 5.96. The molecule has 0 aliphatic rings. The van der Waals surface area contributed by atoms with Crippen molar-refractivity contribution in [1.29, 1.82) is 0 Å². The van der Waals surface area contributed by atoms with Crippen LogP contribution in [0, 0.1) is 0 Å². The Morgan fingerprint density at radius 3 is 2.86 bits per heavy atom. The van der Waals surface area contributed by atoms with E-state index in [4.69, 9.17) is 11.6 Å². The predicted molar refractivity (Wildman–Crippen MR) is 65.2 cm³/mol. The van der Waals surface area contributed by atoms with E-state index in [9.17, 15) is 0 Å². The van der Waals surface area contributed by atoms with Crippen molar-refractivity contribution in [2.75, 3.05) is 12.8 Å². The molecule has 0 saturated carbocycles. The van der Waals surface area contributed by atoms with Gasteiger partial charge in [0.2, 0.25) is 0 Å². The second kappa shape index (κ2) is 6.33. The molecule has 1 aromatic rings. The molecule has 0 saturated heterocycles. The molecule has 0 spiro atoms. The molecule has 0 amide bonds. The SMILES string of the molecule is CCCSc1cc(Cl)ccc1CNC. The van der Waals surface area contributed by atoms with Gasteiger partial charge in [-0.3, -0.25) is 0 Å². The van der Waals surface area contributed by atoms with Crippen molar-refractivity contribution in [3.63, 3.8) is 0 Å². The van der Waals surface area contributed by atoms with Gasteiger partial charge in [0.05, 0.1) is 0 Å². The summed E-state index contributed by atoms with van der Waals surface area (Å²) in [4.78, 5) is 1.30. The number of hydrogen-bond acceptors (Lipinski definition) is 2. The molecule has 1 aromatic carbocycles. The first-order valence-electron chi connectivity index (χ1n) is 4.83. The van der Waals surface area contributed by atoms with Crippen LogP contribution in [-0.4, -0.2) is 12.8 Å². The van der Waals surface area contributed by atoms with Crippen LogP contribution in [-0.2, 0) is 6.54 Å². The van der Waals surface area contributed by atoms with Crippen LogP contribution >= 0.6 is 23.4 Å². The first kappa shape index (κ1) is 11.9. The summed E-state index contributed by atoms with van der Waals surface area (Å²) in [6.45, 7) is 3.10. The zero-order chi connectivity index (χ0) is 10.4. The fourth-order valence-corrected chi connectivity index (χ4v) is 2.41. The first-order chi connectivity index (χ1) is 6.77. The number of thioether (sulfide) groups is 1. The molecule has 0 heterocycles. The Hall–Kier alpha value is -0.180. The van der Waals surface area contributed by atoms with Gasteiger partial charge in [-0.05, 0) is 36.9 Å². The number of halogens is 1. The van der Waals surface area contributed by atoms with E-state index < -0.39 is 0 Å². The maximum Gasteiger partial charge on any atom is 0.0417 e. The van der Waals surface area contributed by atoms with Crippen molar-refractivity contribution < 1.29 is 0 Å². The Labute approximate surface area is 95.2 Å². The molecular formula is C11H16ClNS. The van der Waals surface area contributed by atoms with Gasteiger partial charge in [0.25, 0.3) is 0 Å². The molecule has 0 fully saturated rings. The average Bonchev–Trinajstić information content (AvgIpc) is 2.18. The summed E-state index contributed by atoms with van der Waals surface area (Å²) in [6, 6.07) is 6.09. The Morgan fingerprint density at radius 1 is 1.43 bits per heavy atom. The van der Waals surface area contributed by atoms with E-state index in [2.05, 4.69) is 24.4 Å². The van der Waals surface area contributed by atoms with Crippen molar-refractivity contribution in [3.05, 3.63) is 28.8 Å². The molecule has 0 bridgehead atoms. The van der Waals surface area contributed by atoms with Crippen LogP contribution in [0.1, 0.15) is 18.9 Å². The van der Waals surface area contributed by atoms with Gasteiger partial charge in [-0.1, -0.05) is 24.6 Å². The van der Waals surface area contributed by atoms with E-state index in [-0.39, 0.29) is 0 Å². The molecule has 0 unspecified atom stereocenters. The summed E-state index contributed by atoms with van der Waals surface area (Å²) in [5.74, 6) is 1.15. The standard InChI is InChI=1S/C11H16ClNS/c1-3-6-14-11-7-10(12)5-4-9(11)8-13-2/h4-5,7,13H,3,6,8H2,1-2H3. The molecule has 14 heavy (non-hydrogen) atoms. The normalized spacial score (nSPS) is 10.5. The lowest BCUT2D eigenvalue weighted by molar-refractivity contribution is 0.803.